The van der Waals surface area contributed by atoms with E-state index in [1.54, 1.807) is 7.11 Å². The lowest BCUT2D eigenvalue weighted by atomic mass is 9.86. The number of hydrogen-bond donors (Lipinski definition) is 1. The third kappa shape index (κ3) is 3.25. The van der Waals surface area contributed by atoms with Crippen LogP contribution in [0.15, 0.2) is 0 Å². The van der Waals surface area contributed by atoms with Crippen molar-refractivity contribution in [3.05, 3.63) is 0 Å². The molecule has 3 atom stereocenters. The van der Waals surface area contributed by atoms with Gasteiger partial charge in [0.1, 0.15) is 0 Å². The molecule has 0 amide bonds. The van der Waals surface area contributed by atoms with E-state index in [1.165, 1.54) is 19.3 Å². The van der Waals surface area contributed by atoms with Crippen LogP contribution in [0.5, 0.6) is 0 Å². The molecule has 0 spiro atoms. The average molecular weight is 199 g/mol. The highest BCUT2D eigenvalue weighted by Gasteiger charge is 2.34. The van der Waals surface area contributed by atoms with E-state index in [1.807, 2.05) is 0 Å². The lowest BCUT2D eigenvalue weighted by Gasteiger charge is -2.29. The second kappa shape index (κ2) is 5.72. The van der Waals surface area contributed by atoms with Crippen molar-refractivity contribution >= 4 is 0 Å². The van der Waals surface area contributed by atoms with E-state index in [4.69, 9.17) is 4.74 Å². The van der Waals surface area contributed by atoms with E-state index in [0.717, 1.165) is 24.4 Å². The van der Waals surface area contributed by atoms with Gasteiger partial charge in [0.25, 0.3) is 0 Å². The van der Waals surface area contributed by atoms with Crippen LogP contribution in [0.3, 0.4) is 0 Å². The van der Waals surface area contributed by atoms with Crippen molar-refractivity contribution in [1.82, 2.24) is 5.32 Å². The van der Waals surface area contributed by atoms with Crippen LogP contribution in [0.25, 0.3) is 0 Å². The second-order valence-corrected chi connectivity index (χ2v) is 4.77. The minimum absolute atomic E-state index is 0.664. The van der Waals surface area contributed by atoms with Crippen LogP contribution < -0.4 is 5.32 Å². The summed E-state index contributed by atoms with van der Waals surface area (Å²) in [5, 5.41) is 3.48. The van der Waals surface area contributed by atoms with Crippen molar-refractivity contribution in [3.63, 3.8) is 0 Å². The Kier molecular flexibility index (Phi) is 4.90. The summed E-state index contributed by atoms with van der Waals surface area (Å²) in [6.07, 6.45) is 4.05. The highest BCUT2D eigenvalue weighted by atomic mass is 16.5. The number of ether oxygens (including phenoxy) is 1. The zero-order valence-corrected chi connectivity index (χ0v) is 10.0. The molecule has 1 fully saturated rings. The van der Waals surface area contributed by atoms with Crippen molar-refractivity contribution in [2.45, 2.75) is 39.2 Å². The molecule has 0 bridgehead atoms. The molecule has 3 unspecified atom stereocenters. The van der Waals surface area contributed by atoms with E-state index >= 15 is 0 Å². The van der Waals surface area contributed by atoms with Gasteiger partial charge in [-0.1, -0.05) is 13.8 Å². The minimum atomic E-state index is 0.664. The Bertz CT molecular complexity index is 156. The maximum absolute atomic E-state index is 5.14. The molecule has 1 rings (SSSR count). The Labute approximate surface area is 88.4 Å². The summed E-state index contributed by atoms with van der Waals surface area (Å²) in [6.45, 7) is 5.61. The highest BCUT2D eigenvalue weighted by Crippen LogP contribution is 2.39. The van der Waals surface area contributed by atoms with Crippen molar-refractivity contribution in [1.29, 1.82) is 0 Å². The fourth-order valence-corrected chi connectivity index (χ4v) is 2.46. The van der Waals surface area contributed by atoms with Crippen molar-refractivity contribution in [3.8, 4) is 0 Å². The molecule has 2 nitrogen and oxygen atoms in total. The van der Waals surface area contributed by atoms with Crippen LogP contribution >= 0.6 is 0 Å². The van der Waals surface area contributed by atoms with Gasteiger partial charge in [0.15, 0.2) is 0 Å². The van der Waals surface area contributed by atoms with Gasteiger partial charge >= 0.3 is 0 Å². The van der Waals surface area contributed by atoms with Crippen LogP contribution in [-0.2, 0) is 4.74 Å². The van der Waals surface area contributed by atoms with Gasteiger partial charge in [-0.05, 0) is 44.1 Å². The molecular formula is C12H25NO. The van der Waals surface area contributed by atoms with Crippen LogP contribution in [0, 0.1) is 17.8 Å². The van der Waals surface area contributed by atoms with Crippen molar-refractivity contribution in [2.24, 2.45) is 17.8 Å². The van der Waals surface area contributed by atoms with Crippen LogP contribution in [0.4, 0.5) is 0 Å². The van der Waals surface area contributed by atoms with E-state index in [9.17, 15) is 0 Å². The van der Waals surface area contributed by atoms with Crippen LogP contribution in [0.1, 0.15) is 33.1 Å². The van der Waals surface area contributed by atoms with Gasteiger partial charge in [-0.2, -0.15) is 0 Å². The first kappa shape index (κ1) is 12.0. The van der Waals surface area contributed by atoms with Crippen LogP contribution in [-0.4, -0.2) is 26.8 Å². The molecule has 1 aliphatic carbocycles. The quantitative estimate of drug-likeness (QED) is 0.679. The lowest BCUT2D eigenvalue weighted by molar-refractivity contribution is 0.159. The number of rotatable bonds is 7. The van der Waals surface area contributed by atoms with E-state index in [2.05, 4.69) is 26.2 Å². The first-order valence-corrected chi connectivity index (χ1v) is 5.87. The average Bonchev–Trinajstić information content (AvgIpc) is 2.98. The third-order valence-corrected chi connectivity index (χ3v) is 3.66. The maximum Gasteiger partial charge on any atom is 0.0465 e. The lowest BCUT2D eigenvalue weighted by Crippen LogP contribution is -2.39. The zero-order valence-electron chi connectivity index (χ0n) is 10.0. The molecule has 2 heteroatoms. The predicted molar refractivity (Wildman–Crippen MR) is 60.4 cm³/mol. The zero-order chi connectivity index (χ0) is 10.6. The molecule has 0 aliphatic heterocycles. The summed E-state index contributed by atoms with van der Waals surface area (Å²) in [5.74, 6) is 2.53. The smallest absolute Gasteiger partial charge is 0.0465 e. The van der Waals surface area contributed by atoms with Gasteiger partial charge in [-0.25, -0.2) is 0 Å². The van der Waals surface area contributed by atoms with Crippen LogP contribution in [0.2, 0.25) is 0 Å². The highest BCUT2D eigenvalue weighted by molar-refractivity contribution is 4.88. The van der Waals surface area contributed by atoms with E-state index < -0.39 is 0 Å². The molecule has 0 radical (unpaired) electrons. The predicted octanol–water partition coefficient (Wildman–Crippen LogP) is 2.29. The Morgan fingerprint density at radius 2 is 2.00 bits per heavy atom. The molecule has 0 heterocycles. The largest absolute Gasteiger partial charge is 0.385 e. The van der Waals surface area contributed by atoms with Gasteiger partial charge < -0.3 is 10.1 Å². The molecular weight excluding hydrogens is 174 g/mol. The molecule has 14 heavy (non-hydrogen) atoms. The Balaban J connectivity index is 2.34. The SMILES string of the molecule is CNC(C(C)CCOC)C(C)C1CC1. The molecule has 1 saturated carbocycles. The minimum Gasteiger partial charge on any atom is -0.385 e. The summed E-state index contributed by atoms with van der Waals surface area (Å²) in [4.78, 5) is 0. The molecule has 0 aromatic rings. The summed E-state index contributed by atoms with van der Waals surface area (Å²) in [5.41, 5.74) is 0. The normalized spacial score (nSPS) is 23.1. The Morgan fingerprint density at radius 3 is 2.43 bits per heavy atom. The van der Waals surface area contributed by atoms with Gasteiger partial charge in [0.2, 0.25) is 0 Å². The van der Waals surface area contributed by atoms with E-state index in [-0.39, 0.29) is 0 Å². The number of methoxy groups -OCH3 is 1. The molecule has 0 saturated heterocycles. The molecule has 0 aromatic heterocycles. The first-order valence-electron chi connectivity index (χ1n) is 5.87. The Morgan fingerprint density at radius 1 is 1.36 bits per heavy atom. The summed E-state index contributed by atoms with van der Waals surface area (Å²) < 4.78 is 5.14. The Hall–Kier alpha value is -0.0800. The second-order valence-electron chi connectivity index (χ2n) is 4.77. The molecule has 1 aliphatic rings. The fourth-order valence-electron chi connectivity index (χ4n) is 2.46. The van der Waals surface area contributed by atoms with Gasteiger partial charge in [0.05, 0.1) is 0 Å². The first-order chi connectivity index (χ1) is 6.70. The molecule has 84 valence electrons. The maximum atomic E-state index is 5.14. The number of nitrogens with one attached hydrogen (secondary N) is 1. The summed E-state index contributed by atoms with van der Waals surface area (Å²) in [6, 6.07) is 0.664. The van der Waals surface area contributed by atoms with Crippen molar-refractivity contribution < 1.29 is 4.74 Å². The standard InChI is InChI=1S/C12H25NO/c1-9(7-8-14-4)12(13-3)10(2)11-5-6-11/h9-13H,5-8H2,1-4H3. The molecule has 1 N–H and O–H groups in total. The van der Waals surface area contributed by atoms with Crippen molar-refractivity contribution in [2.75, 3.05) is 20.8 Å². The monoisotopic (exact) mass is 199 g/mol. The third-order valence-electron chi connectivity index (χ3n) is 3.66. The summed E-state index contributed by atoms with van der Waals surface area (Å²) in [7, 11) is 3.87. The topological polar surface area (TPSA) is 21.3 Å². The van der Waals surface area contributed by atoms with Gasteiger partial charge in [0, 0.05) is 19.8 Å². The number of hydrogen-bond acceptors (Lipinski definition) is 2. The summed E-state index contributed by atoms with van der Waals surface area (Å²) >= 11 is 0. The van der Waals surface area contributed by atoms with Gasteiger partial charge in [-0.15, -0.1) is 0 Å². The van der Waals surface area contributed by atoms with Gasteiger partial charge in [-0.3, -0.25) is 0 Å². The fraction of sp³-hybridized carbons (Fsp3) is 1.00. The molecule has 0 aromatic carbocycles. The van der Waals surface area contributed by atoms with E-state index in [0.29, 0.717) is 6.04 Å².